The highest BCUT2D eigenvalue weighted by atomic mass is 32.2. The molecular weight excluding hydrogens is 328 g/mol. The van der Waals surface area contributed by atoms with Crippen LogP contribution in [0.4, 0.5) is 0 Å². The Kier molecular flexibility index (Phi) is 4.70. The summed E-state index contributed by atoms with van der Waals surface area (Å²) in [6.45, 7) is 0.605. The molecule has 3 rings (SSSR count). The number of likely N-dealkylation sites (N-methyl/N-ethyl adjacent to an activating group) is 1. The van der Waals surface area contributed by atoms with Crippen LogP contribution in [0.1, 0.15) is 43.7 Å². The van der Waals surface area contributed by atoms with E-state index in [1.165, 1.54) is 0 Å². The second-order valence-electron chi connectivity index (χ2n) is 6.99. The lowest BCUT2D eigenvalue weighted by Gasteiger charge is -2.45. The van der Waals surface area contributed by atoms with Crippen molar-refractivity contribution in [3.05, 3.63) is 18.0 Å². The topological polar surface area (TPSA) is 84.3 Å². The Morgan fingerprint density at radius 1 is 1.33 bits per heavy atom. The van der Waals surface area contributed by atoms with Gasteiger partial charge in [0.25, 0.3) is 0 Å². The standard InChI is InChI=1S/C16H26N4O3S/c1-17-14(13-10-18-19(2)11-13)15(21)20-8-9-24(22,23)16(12-20)6-4-3-5-7-16/h10-11,14,17H,3-9,12H2,1-2H3. The fourth-order valence-electron chi connectivity index (χ4n) is 4.03. The third kappa shape index (κ3) is 2.97. The number of carbonyl (C=O) groups excluding carboxylic acids is 1. The Labute approximate surface area is 143 Å². The van der Waals surface area contributed by atoms with E-state index in [0.29, 0.717) is 19.4 Å². The Morgan fingerprint density at radius 3 is 2.62 bits per heavy atom. The van der Waals surface area contributed by atoms with Crippen molar-refractivity contribution in [1.82, 2.24) is 20.0 Å². The van der Waals surface area contributed by atoms with Gasteiger partial charge in [0.2, 0.25) is 5.91 Å². The first-order chi connectivity index (χ1) is 11.4. The van der Waals surface area contributed by atoms with Crippen LogP contribution in [0.15, 0.2) is 12.4 Å². The molecule has 0 aromatic carbocycles. The highest BCUT2D eigenvalue weighted by Gasteiger charge is 2.49. The summed E-state index contributed by atoms with van der Waals surface area (Å²) < 4.78 is 26.3. The van der Waals surface area contributed by atoms with E-state index < -0.39 is 20.6 Å². The van der Waals surface area contributed by atoms with Crippen molar-refractivity contribution in [2.24, 2.45) is 7.05 Å². The predicted molar refractivity (Wildman–Crippen MR) is 91.2 cm³/mol. The van der Waals surface area contributed by atoms with Gasteiger partial charge in [0.1, 0.15) is 6.04 Å². The molecular formula is C16H26N4O3S. The molecule has 8 heteroatoms. The Morgan fingerprint density at radius 2 is 2.04 bits per heavy atom. The SMILES string of the molecule is CNC(C(=O)N1CCS(=O)(=O)C2(CCCCC2)C1)c1cnn(C)c1. The first-order valence-corrected chi connectivity index (χ1v) is 10.2. The van der Waals surface area contributed by atoms with Crippen molar-refractivity contribution in [1.29, 1.82) is 0 Å². The fraction of sp³-hybridized carbons (Fsp3) is 0.750. The molecule has 24 heavy (non-hydrogen) atoms. The molecule has 134 valence electrons. The van der Waals surface area contributed by atoms with Crippen LogP contribution in [-0.4, -0.2) is 59.6 Å². The number of sulfone groups is 1. The number of hydrogen-bond acceptors (Lipinski definition) is 5. The molecule has 1 amide bonds. The summed E-state index contributed by atoms with van der Waals surface area (Å²) in [6, 6.07) is -0.486. The maximum Gasteiger partial charge on any atom is 0.244 e. The zero-order chi connectivity index (χ0) is 17.4. The van der Waals surface area contributed by atoms with Crippen molar-refractivity contribution < 1.29 is 13.2 Å². The second-order valence-corrected chi connectivity index (χ2v) is 9.50. The number of nitrogens with one attached hydrogen (secondary N) is 1. The van der Waals surface area contributed by atoms with Gasteiger partial charge in [-0.25, -0.2) is 8.42 Å². The van der Waals surface area contributed by atoms with Crippen LogP contribution >= 0.6 is 0 Å². The third-order valence-electron chi connectivity index (χ3n) is 5.44. The van der Waals surface area contributed by atoms with Gasteiger partial charge < -0.3 is 10.2 Å². The molecule has 1 aromatic heterocycles. The largest absolute Gasteiger partial charge is 0.338 e. The van der Waals surface area contributed by atoms with E-state index >= 15 is 0 Å². The Hall–Kier alpha value is -1.41. The number of carbonyl (C=O) groups is 1. The number of amides is 1. The zero-order valence-corrected chi connectivity index (χ0v) is 15.2. The van der Waals surface area contributed by atoms with Crippen LogP contribution in [0.3, 0.4) is 0 Å². The maximum absolute atomic E-state index is 13.0. The van der Waals surface area contributed by atoms with Gasteiger partial charge in [0.15, 0.2) is 9.84 Å². The fourth-order valence-corrected chi connectivity index (χ4v) is 6.19. The molecule has 1 aliphatic carbocycles. The molecule has 1 saturated heterocycles. The quantitative estimate of drug-likeness (QED) is 0.861. The lowest BCUT2D eigenvalue weighted by Crippen LogP contribution is -2.59. The third-order valence-corrected chi connectivity index (χ3v) is 8.02. The average molecular weight is 354 g/mol. The van der Waals surface area contributed by atoms with Gasteiger partial charge in [0, 0.05) is 31.9 Å². The molecule has 2 fully saturated rings. The normalized spacial score (nSPS) is 24.0. The molecule has 7 nitrogen and oxygen atoms in total. The van der Waals surface area contributed by atoms with Crippen LogP contribution in [0.2, 0.25) is 0 Å². The summed E-state index contributed by atoms with van der Waals surface area (Å²) in [6.07, 6.45) is 7.79. The smallest absolute Gasteiger partial charge is 0.244 e. The monoisotopic (exact) mass is 354 g/mol. The Bertz CT molecular complexity index is 707. The summed E-state index contributed by atoms with van der Waals surface area (Å²) in [7, 11) is 0.417. The zero-order valence-electron chi connectivity index (χ0n) is 14.4. The minimum Gasteiger partial charge on any atom is -0.338 e. The molecule has 1 aromatic rings. The van der Waals surface area contributed by atoms with E-state index in [1.54, 1.807) is 22.8 Å². The van der Waals surface area contributed by atoms with E-state index in [-0.39, 0.29) is 18.2 Å². The summed E-state index contributed by atoms with van der Waals surface area (Å²) in [5, 5.41) is 7.18. The first kappa shape index (κ1) is 17.4. The number of aryl methyl sites for hydroxylation is 1. The van der Waals surface area contributed by atoms with E-state index in [0.717, 1.165) is 24.8 Å². The van der Waals surface area contributed by atoms with Crippen molar-refractivity contribution in [3.63, 3.8) is 0 Å². The van der Waals surface area contributed by atoms with Crippen LogP contribution in [0.25, 0.3) is 0 Å². The summed E-state index contributed by atoms with van der Waals surface area (Å²) in [4.78, 5) is 14.7. The van der Waals surface area contributed by atoms with Crippen LogP contribution in [-0.2, 0) is 21.7 Å². The van der Waals surface area contributed by atoms with E-state index in [2.05, 4.69) is 10.4 Å². The molecule has 2 heterocycles. The van der Waals surface area contributed by atoms with Crippen LogP contribution in [0.5, 0.6) is 0 Å². The van der Waals surface area contributed by atoms with Gasteiger partial charge in [0.05, 0.1) is 16.7 Å². The highest BCUT2D eigenvalue weighted by Crippen LogP contribution is 2.39. The number of rotatable bonds is 3. The molecule has 1 aliphatic heterocycles. The average Bonchev–Trinajstić information content (AvgIpc) is 2.98. The maximum atomic E-state index is 13.0. The van der Waals surface area contributed by atoms with Gasteiger partial charge in [-0.3, -0.25) is 9.48 Å². The molecule has 0 radical (unpaired) electrons. The van der Waals surface area contributed by atoms with Crippen molar-refractivity contribution in [3.8, 4) is 0 Å². The van der Waals surface area contributed by atoms with E-state index in [1.807, 2.05) is 13.2 Å². The molecule has 1 N–H and O–H groups in total. The summed E-state index contributed by atoms with van der Waals surface area (Å²) in [5.41, 5.74) is 0.802. The van der Waals surface area contributed by atoms with Crippen molar-refractivity contribution in [2.45, 2.75) is 42.9 Å². The predicted octanol–water partition coefficient (Wildman–Crippen LogP) is 0.640. The Balaban J connectivity index is 1.82. The molecule has 0 bridgehead atoms. The molecule has 1 spiro atoms. The van der Waals surface area contributed by atoms with E-state index in [4.69, 9.17) is 0 Å². The minimum absolute atomic E-state index is 0.0645. The molecule has 1 atom stereocenters. The molecule has 2 aliphatic rings. The van der Waals surface area contributed by atoms with Gasteiger partial charge in [-0.15, -0.1) is 0 Å². The first-order valence-electron chi connectivity index (χ1n) is 8.55. The number of hydrogen-bond donors (Lipinski definition) is 1. The summed E-state index contributed by atoms with van der Waals surface area (Å²) >= 11 is 0. The second kappa shape index (κ2) is 6.48. The molecule has 1 unspecified atom stereocenters. The summed E-state index contributed by atoms with van der Waals surface area (Å²) in [5.74, 6) is 0.00715. The van der Waals surface area contributed by atoms with Crippen LogP contribution < -0.4 is 5.32 Å². The molecule has 1 saturated carbocycles. The number of nitrogens with zero attached hydrogens (tertiary/aromatic N) is 3. The van der Waals surface area contributed by atoms with Crippen LogP contribution in [0, 0.1) is 0 Å². The van der Waals surface area contributed by atoms with Crippen molar-refractivity contribution in [2.75, 3.05) is 25.9 Å². The van der Waals surface area contributed by atoms with E-state index in [9.17, 15) is 13.2 Å². The van der Waals surface area contributed by atoms with Gasteiger partial charge in [-0.2, -0.15) is 5.10 Å². The lowest BCUT2D eigenvalue weighted by atomic mass is 9.87. The lowest BCUT2D eigenvalue weighted by molar-refractivity contribution is -0.134. The van der Waals surface area contributed by atoms with Gasteiger partial charge >= 0.3 is 0 Å². The highest BCUT2D eigenvalue weighted by molar-refractivity contribution is 7.92. The number of aromatic nitrogens is 2. The minimum atomic E-state index is -3.14. The van der Waals surface area contributed by atoms with Gasteiger partial charge in [-0.1, -0.05) is 19.3 Å². The van der Waals surface area contributed by atoms with Crippen molar-refractivity contribution >= 4 is 15.7 Å². The van der Waals surface area contributed by atoms with Gasteiger partial charge in [-0.05, 0) is 19.9 Å².